The summed E-state index contributed by atoms with van der Waals surface area (Å²) in [5.74, 6) is 0.682. The van der Waals surface area contributed by atoms with Gasteiger partial charge in [0.1, 0.15) is 10.6 Å². The van der Waals surface area contributed by atoms with Gasteiger partial charge in [0.2, 0.25) is 0 Å². The molecule has 1 aromatic heterocycles. The molecule has 4 heteroatoms. The Morgan fingerprint density at radius 2 is 2.17 bits per heavy atom. The molecular weight excluding hydrogens is 244 g/mol. The number of rotatable bonds is 8. The summed E-state index contributed by atoms with van der Waals surface area (Å²) >= 11 is 1.76. The predicted molar refractivity (Wildman–Crippen MR) is 77.9 cm³/mol. The third-order valence-corrected chi connectivity index (χ3v) is 4.24. The first-order chi connectivity index (χ1) is 8.51. The number of hydrogen-bond donors (Lipinski definition) is 1. The van der Waals surface area contributed by atoms with Gasteiger partial charge in [0, 0.05) is 24.2 Å². The Labute approximate surface area is 115 Å². The lowest BCUT2D eigenvalue weighted by molar-refractivity contribution is -0.0324. The summed E-state index contributed by atoms with van der Waals surface area (Å²) in [5, 5.41) is 4.54. The molecule has 0 aliphatic heterocycles. The molecule has 18 heavy (non-hydrogen) atoms. The number of ether oxygens (including phenoxy) is 1. The van der Waals surface area contributed by atoms with E-state index in [1.165, 1.54) is 4.88 Å². The molecule has 0 saturated carbocycles. The quantitative estimate of drug-likeness (QED) is 0.784. The van der Waals surface area contributed by atoms with Crippen molar-refractivity contribution in [1.82, 2.24) is 10.3 Å². The van der Waals surface area contributed by atoms with E-state index in [-0.39, 0.29) is 5.60 Å². The predicted octanol–water partition coefficient (Wildman–Crippen LogP) is 3.55. The first kappa shape index (κ1) is 15.6. The van der Waals surface area contributed by atoms with Gasteiger partial charge >= 0.3 is 0 Å². The molecule has 0 aliphatic rings. The number of nitrogens with zero attached hydrogens (tertiary/aromatic N) is 1. The normalized spacial score (nSPS) is 15.0. The monoisotopic (exact) mass is 270 g/mol. The Morgan fingerprint density at radius 1 is 1.44 bits per heavy atom. The minimum Gasteiger partial charge on any atom is -0.368 e. The van der Waals surface area contributed by atoms with Gasteiger partial charge in [0.25, 0.3) is 0 Å². The van der Waals surface area contributed by atoms with Crippen LogP contribution >= 0.6 is 11.3 Å². The number of aromatic nitrogens is 1. The Kier molecular flexibility index (Phi) is 6.26. The first-order valence-electron chi connectivity index (χ1n) is 6.81. The Balaban J connectivity index is 2.61. The van der Waals surface area contributed by atoms with E-state index >= 15 is 0 Å². The van der Waals surface area contributed by atoms with Crippen LogP contribution in [0.1, 0.15) is 50.9 Å². The van der Waals surface area contributed by atoms with Gasteiger partial charge < -0.3 is 10.1 Å². The smallest absolute Gasteiger partial charge is 0.125 e. The number of hydrogen-bond acceptors (Lipinski definition) is 4. The molecule has 0 spiro atoms. The molecule has 3 nitrogen and oxygen atoms in total. The van der Waals surface area contributed by atoms with Crippen LogP contribution in [0.25, 0.3) is 0 Å². The highest BCUT2D eigenvalue weighted by Gasteiger charge is 2.28. The molecule has 0 bridgehead atoms. The van der Waals surface area contributed by atoms with Gasteiger partial charge in [-0.05, 0) is 32.7 Å². The molecule has 1 aromatic rings. The van der Waals surface area contributed by atoms with Crippen LogP contribution in [0.5, 0.6) is 0 Å². The molecule has 1 heterocycles. The van der Waals surface area contributed by atoms with E-state index in [4.69, 9.17) is 4.74 Å². The van der Waals surface area contributed by atoms with Crippen molar-refractivity contribution in [2.24, 2.45) is 5.92 Å². The summed E-state index contributed by atoms with van der Waals surface area (Å²) in [6.07, 6.45) is 2.92. The molecule has 104 valence electrons. The van der Waals surface area contributed by atoms with Crippen LogP contribution in [-0.2, 0) is 16.9 Å². The lowest BCUT2D eigenvalue weighted by Gasteiger charge is -2.25. The van der Waals surface area contributed by atoms with Crippen molar-refractivity contribution in [1.29, 1.82) is 0 Å². The minimum atomic E-state index is -0.226. The van der Waals surface area contributed by atoms with Gasteiger partial charge in [-0.2, -0.15) is 0 Å². The zero-order valence-corrected chi connectivity index (χ0v) is 13.1. The lowest BCUT2D eigenvalue weighted by Crippen LogP contribution is -2.24. The van der Waals surface area contributed by atoms with Crippen LogP contribution in [0.3, 0.4) is 0 Å². The SMILES string of the molecule is CCOC(C)(CC)c1ncc(CNCC(C)C)s1. The van der Waals surface area contributed by atoms with Crippen molar-refractivity contribution in [2.75, 3.05) is 13.2 Å². The minimum absolute atomic E-state index is 0.226. The van der Waals surface area contributed by atoms with Gasteiger partial charge in [0.05, 0.1) is 0 Å². The molecule has 0 radical (unpaired) electrons. The zero-order valence-electron chi connectivity index (χ0n) is 12.2. The maximum Gasteiger partial charge on any atom is 0.125 e. The lowest BCUT2D eigenvalue weighted by atomic mass is 10.1. The van der Waals surface area contributed by atoms with Crippen LogP contribution in [0.4, 0.5) is 0 Å². The van der Waals surface area contributed by atoms with Gasteiger partial charge in [-0.1, -0.05) is 20.8 Å². The first-order valence-corrected chi connectivity index (χ1v) is 7.63. The molecular formula is C14H26N2OS. The van der Waals surface area contributed by atoms with E-state index in [2.05, 4.69) is 38.0 Å². The van der Waals surface area contributed by atoms with E-state index in [1.54, 1.807) is 11.3 Å². The topological polar surface area (TPSA) is 34.1 Å². The average molecular weight is 270 g/mol. The van der Waals surface area contributed by atoms with Gasteiger partial charge in [-0.15, -0.1) is 11.3 Å². The van der Waals surface area contributed by atoms with Gasteiger partial charge in [0.15, 0.2) is 0 Å². The molecule has 1 atom stereocenters. The van der Waals surface area contributed by atoms with Crippen LogP contribution in [-0.4, -0.2) is 18.1 Å². The summed E-state index contributed by atoms with van der Waals surface area (Å²) in [7, 11) is 0. The fourth-order valence-electron chi connectivity index (χ4n) is 1.75. The molecule has 0 aliphatic carbocycles. The Hall–Kier alpha value is -0.450. The number of nitrogens with one attached hydrogen (secondary N) is 1. The van der Waals surface area contributed by atoms with E-state index in [9.17, 15) is 0 Å². The van der Waals surface area contributed by atoms with Crippen molar-refractivity contribution < 1.29 is 4.74 Å². The summed E-state index contributed by atoms with van der Waals surface area (Å²) in [4.78, 5) is 5.81. The third kappa shape index (κ3) is 4.34. The van der Waals surface area contributed by atoms with E-state index < -0.39 is 0 Å². The van der Waals surface area contributed by atoms with Gasteiger partial charge in [-0.3, -0.25) is 0 Å². The van der Waals surface area contributed by atoms with E-state index in [1.807, 2.05) is 13.1 Å². The second-order valence-electron chi connectivity index (χ2n) is 5.17. The van der Waals surface area contributed by atoms with E-state index in [0.29, 0.717) is 5.92 Å². The molecule has 1 N–H and O–H groups in total. The maximum absolute atomic E-state index is 5.85. The highest BCUT2D eigenvalue weighted by molar-refractivity contribution is 7.11. The summed E-state index contributed by atoms with van der Waals surface area (Å²) in [5.41, 5.74) is -0.226. The molecule has 1 rings (SSSR count). The molecule has 1 unspecified atom stereocenters. The van der Waals surface area contributed by atoms with Crippen molar-refractivity contribution >= 4 is 11.3 Å². The third-order valence-electron chi connectivity index (χ3n) is 3.00. The largest absolute Gasteiger partial charge is 0.368 e. The maximum atomic E-state index is 5.85. The van der Waals surface area contributed by atoms with Crippen molar-refractivity contribution in [3.63, 3.8) is 0 Å². The highest BCUT2D eigenvalue weighted by Crippen LogP contribution is 2.32. The summed E-state index contributed by atoms with van der Waals surface area (Å²) in [6, 6.07) is 0. The standard InChI is InChI=1S/C14H26N2OS/c1-6-14(5,17-7-2)13-16-10-12(18-13)9-15-8-11(3)4/h10-11,15H,6-9H2,1-5H3. The van der Waals surface area contributed by atoms with Gasteiger partial charge in [-0.25, -0.2) is 4.98 Å². The van der Waals surface area contributed by atoms with Crippen LogP contribution in [0, 0.1) is 5.92 Å². The van der Waals surface area contributed by atoms with Crippen molar-refractivity contribution in [2.45, 2.75) is 53.2 Å². The summed E-state index contributed by atoms with van der Waals surface area (Å²) in [6.45, 7) is 13.4. The second-order valence-corrected chi connectivity index (χ2v) is 6.29. The number of thiazole rings is 1. The zero-order chi connectivity index (χ0) is 13.6. The molecule has 0 fully saturated rings. The molecule has 0 saturated heterocycles. The van der Waals surface area contributed by atoms with Crippen molar-refractivity contribution in [3.8, 4) is 0 Å². The van der Waals surface area contributed by atoms with E-state index in [0.717, 1.165) is 31.1 Å². The second kappa shape index (κ2) is 7.22. The fourth-order valence-corrected chi connectivity index (χ4v) is 2.80. The average Bonchev–Trinajstić information content (AvgIpc) is 2.78. The van der Waals surface area contributed by atoms with Crippen molar-refractivity contribution in [3.05, 3.63) is 16.1 Å². The summed E-state index contributed by atoms with van der Waals surface area (Å²) < 4.78 is 5.85. The fraction of sp³-hybridized carbons (Fsp3) is 0.786. The Morgan fingerprint density at radius 3 is 2.72 bits per heavy atom. The van der Waals surface area contributed by atoms with Crippen LogP contribution in [0.15, 0.2) is 6.20 Å². The van der Waals surface area contributed by atoms with Crippen LogP contribution < -0.4 is 5.32 Å². The molecule has 0 amide bonds. The molecule has 0 aromatic carbocycles. The van der Waals surface area contributed by atoms with Crippen LogP contribution in [0.2, 0.25) is 0 Å². The highest BCUT2D eigenvalue weighted by atomic mass is 32.1. The Bertz CT molecular complexity index is 351.